The summed E-state index contributed by atoms with van der Waals surface area (Å²) in [6, 6.07) is 15.2. The van der Waals surface area contributed by atoms with Gasteiger partial charge in [0.1, 0.15) is 22.3 Å². The maximum atomic E-state index is 12.7. The number of sulfonamides is 1. The Balaban J connectivity index is 1.86. The summed E-state index contributed by atoms with van der Waals surface area (Å²) in [6.07, 6.45) is 1.53. The zero-order chi connectivity index (χ0) is 20.3. The first-order chi connectivity index (χ1) is 13.3. The third-order valence-electron chi connectivity index (χ3n) is 3.93. The summed E-state index contributed by atoms with van der Waals surface area (Å²) < 4.78 is 34.2. The van der Waals surface area contributed by atoms with Crippen LogP contribution in [0.15, 0.2) is 64.1 Å². The van der Waals surface area contributed by atoms with Gasteiger partial charge >= 0.3 is 0 Å². The van der Waals surface area contributed by atoms with Crippen molar-refractivity contribution in [2.45, 2.75) is 18.7 Å². The molecule has 1 heterocycles. The molecule has 1 N–H and O–H groups in total. The molecule has 6 nitrogen and oxygen atoms in total. The van der Waals surface area contributed by atoms with Gasteiger partial charge < -0.3 is 4.74 Å². The number of nitrogens with zero attached hydrogens (tertiary/aromatic N) is 2. The fraction of sp³-hybridized carbons (Fsp3) is 0.100. The van der Waals surface area contributed by atoms with Crippen LogP contribution in [0.1, 0.15) is 16.7 Å². The molecule has 0 saturated heterocycles. The minimum absolute atomic E-state index is 0.157. The number of rotatable bonds is 5. The van der Waals surface area contributed by atoms with Gasteiger partial charge in [0.15, 0.2) is 0 Å². The lowest BCUT2D eigenvalue weighted by molar-refractivity contribution is 0.461. The second kappa shape index (κ2) is 8.00. The van der Waals surface area contributed by atoms with Crippen molar-refractivity contribution in [1.82, 2.24) is 4.98 Å². The van der Waals surface area contributed by atoms with E-state index < -0.39 is 10.0 Å². The maximum Gasteiger partial charge on any atom is 0.263 e. The molecule has 2 aromatic carbocycles. The lowest BCUT2D eigenvalue weighted by atomic mass is 10.2. The number of aromatic nitrogens is 1. The summed E-state index contributed by atoms with van der Waals surface area (Å²) >= 11 is 3.30. The van der Waals surface area contributed by atoms with E-state index in [1.807, 2.05) is 13.0 Å². The summed E-state index contributed by atoms with van der Waals surface area (Å²) in [6.45, 7) is 3.65. The number of benzene rings is 2. The highest BCUT2D eigenvalue weighted by atomic mass is 79.9. The Morgan fingerprint density at radius 2 is 1.93 bits per heavy atom. The molecular weight excluding hydrogens is 442 g/mol. The van der Waals surface area contributed by atoms with Crippen LogP contribution in [-0.4, -0.2) is 13.4 Å². The van der Waals surface area contributed by atoms with Crippen molar-refractivity contribution in [3.05, 3.63) is 75.9 Å². The fourth-order valence-corrected chi connectivity index (χ4v) is 4.83. The van der Waals surface area contributed by atoms with E-state index in [0.29, 0.717) is 27.0 Å². The van der Waals surface area contributed by atoms with Gasteiger partial charge in [-0.25, -0.2) is 13.4 Å². The van der Waals surface area contributed by atoms with E-state index >= 15 is 0 Å². The molecule has 0 bridgehead atoms. The molecule has 142 valence electrons. The Morgan fingerprint density at radius 3 is 2.61 bits per heavy atom. The van der Waals surface area contributed by atoms with Gasteiger partial charge in [0, 0.05) is 10.7 Å². The van der Waals surface area contributed by atoms with Crippen molar-refractivity contribution in [3.8, 4) is 17.7 Å². The molecule has 0 saturated carbocycles. The van der Waals surface area contributed by atoms with Gasteiger partial charge in [0.2, 0.25) is 5.88 Å². The van der Waals surface area contributed by atoms with Gasteiger partial charge in [0.25, 0.3) is 10.0 Å². The third kappa shape index (κ3) is 4.32. The molecule has 0 aliphatic carbocycles. The van der Waals surface area contributed by atoms with Crippen LogP contribution < -0.4 is 9.46 Å². The Hall–Kier alpha value is -2.89. The Bertz CT molecular complexity index is 1190. The monoisotopic (exact) mass is 457 g/mol. The SMILES string of the molecule is Cc1ccc(S(=O)(=O)Nc2ccc(Oc3ncccc3C#N)cc2C)c(Br)c1. The average molecular weight is 458 g/mol. The van der Waals surface area contributed by atoms with Crippen LogP contribution >= 0.6 is 15.9 Å². The number of anilines is 1. The Kier molecular flexibility index (Phi) is 5.68. The molecule has 28 heavy (non-hydrogen) atoms. The number of aryl methyl sites for hydroxylation is 2. The zero-order valence-corrected chi connectivity index (χ0v) is 17.5. The number of nitrogens with one attached hydrogen (secondary N) is 1. The number of halogens is 1. The van der Waals surface area contributed by atoms with Crippen molar-refractivity contribution >= 4 is 31.6 Å². The molecule has 0 amide bonds. The smallest absolute Gasteiger partial charge is 0.263 e. The van der Waals surface area contributed by atoms with Crippen molar-refractivity contribution < 1.29 is 13.2 Å². The van der Waals surface area contributed by atoms with E-state index in [4.69, 9.17) is 10.00 Å². The normalized spacial score (nSPS) is 10.9. The number of hydrogen-bond donors (Lipinski definition) is 1. The Morgan fingerprint density at radius 1 is 1.14 bits per heavy atom. The molecule has 8 heteroatoms. The predicted octanol–water partition coefficient (Wildman–Crippen LogP) is 4.93. The second-order valence-electron chi connectivity index (χ2n) is 6.09. The van der Waals surface area contributed by atoms with E-state index in [1.165, 1.54) is 6.20 Å². The van der Waals surface area contributed by atoms with E-state index in [9.17, 15) is 8.42 Å². The first-order valence-electron chi connectivity index (χ1n) is 8.23. The molecule has 0 aliphatic heterocycles. The molecule has 3 aromatic rings. The van der Waals surface area contributed by atoms with E-state index in [0.717, 1.165) is 5.56 Å². The number of hydrogen-bond acceptors (Lipinski definition) is 5. The summed E-state index contributed by atoms with van der Waals surface area (Å²) in [4.78, 5) is 4.21. The van der Waals surface area contributed by atoms with Gasteiger partial charge in [-0.05, 0) is 83.4 Å². The topological polar surface area (TPSA) is 92.1 Å². The van der Waals surface area contributed by atoms with Crippen LogP contribution in [0, 0.1) is 25.2 Å². The highest BCUT2D eigenvalue weighted by molar-refractivity contribution is 9.10. The van der Waals surface area contributed by atoms with Gasteiger partial charge in [0.05, 0.1) is 5.69 Å². The molecule has 0 aliphatic rings. The summed E-state index contributed by atoms with van der Waals surface area (Å²) in [5, 5.41) is 9.12. The predicted molar refractivity (Wildman–Crippen MR) is 110 cm³/mol. The molecule has 0 unspecified atom stereocenters. The van der Waals surface area contributed by atoms with Gasteiger partial charge in [-0.2, -0.15) is 5.26 Å². The van der Waals surface area contributed by atoms with Crippen molar-refractivity contribution in [2.24, 2.45) is 0 Å². The summed E-state index contributed by atoms with van der Waals surface area (Å²) in [5.74, 6) is 0.647. The van der Waals surface area contributed by atoms with Crippen molar-refractivity contribution in [2.75, 3.05) is 4.72 Å². The largest absolute Gasteiger partial charge is 0.438 e. The number of nitriles is 1. The molecular formula is C20H16BrN3O3S. The van der Waals surface area contributed by atoms with Crippen molar-refractivity contribution in [1.29, 1.82) is 5.26 Å². The van der Waals surface area contributed by atoms with Gasteiger partial charge in [-0.3, -0.25) is 4.72 Å². The standard InChI is InChI=1S/C20H16BrN3O3S/c1-13-5-8-19(17(21)10-13)28(25,26)24-18-7-6-16(11-14(18)2)27-20-15(12-22)4-3-9-23-20/h3-11,24H,1-2H3. The van der Waals surface area contributed by atoms with E-state index in [1.54, 1.807) is 55.5 Å². The molecule has 0 fully saturated rings. The first kappa shape index (κ1) is 19.9. The van der Waals surface area contributed by atoms with Crippen LogP contribution in [0.2, 0.25) is 0 Å². The minimum atomic E-state index is -3.76. The highest BCUT2D eigenvalue weighted by Gasteiger charge is 2.19. The molecule has 0 atom stereocenters. The first-order valence-corrected chi connectivity index (χ1v) is 10.5. The highest BCUT2D eigenvalue weighted by Crippen LogP contribution is 2.29. The van der Waals surface area contributed by atoms with E-state index in [-0.39, 0.29) is 10.8 Å². The van der Waals surface area contributed by atoms with E-state index in [2.05, 4.69) is 25.6 Å². The van der Waals surface area contributed by atoms with Gasteiger partial charge in [-0.1, -0.05) is 6.07 Å². The molecule has 3 rings (SSSR count). The van der Waals surface area contributed by atoms with Crippen molar-refractivity contribution in [3.63, 3.8) is 0 Å². The van der Waals surface area contributed by atoms with Crippen LogP contribution in [0.25, 0.3) is 0 Å². The lowest BCUT2D eigenvalue weighted by Gasteiger charge is -2.13. The molecule has 0 radical (unpaired) electrons. The number of ether oxygens (including phenoxy) is 1. The minimum Gasteiger partial charge on any atom is -0.438 e. The van der Waals surface area contributed by atoms with Crippen LogP contribution in [0.3, 0.4) is 0 Å². The fourth-order valence-electron chi connectivity index (χ4n) is 2.51. The lowest BCUT2D eigenvalue weighted by Crippen LogP contribution is -2.14. The number of pyridine rings is 1. The molecule has 1 aromatic heterocycles. The average Bonchev–Trinajstić information content (AvgIpc) is 2.64. The summed E-state index contributed by atoms with van der Waals surface area (Å²) in [5.41, 5.74) is 2.36. The maximum absolute atomic E-state index is 12.7. The van der Waals surface area contributed by atoms with Gasteiger partial charge in [-0.15, -0.1) is 0 Å². The Labute approximate surface area is 172 Å². The second-order valence-corrected chi connectivity index (χ2v) is 8.59. The summed E-state index contributed by atoms with van der Waals surface area (Å²) in [7, 11) is -3.76. The van der Waals surface area contributed by atoms with Crippen LogP contribution in [-0.2, 0) is 10.0 Å². The third-order valence-corrected chi connectivity index (χ3v) is 6.27. The molecule has 0 spiro atoms. The zero-order valence-electron chi connectivity index (χ0n) is 15.1. The quantitative estimate of drug-likeness (QED) is 0.586. The van der Waals surface area contributed by atoms with Crippen LogP contribution in [0.4, 0.5) is 5.69 Å². The van der Waals surface area contributed by atoms with Crippen LogP contribution in [0.5, 0.6) is 11.6 Å².